The van der Waals surface area contributed by atoms with Crippen LogP contribution in [-0.2, 0) is 0 Å². The van der Waals surface area contributed by atoms with Gasteiger partial charge in [-0.05, 0) is 18.6 Å². The first-order chi connectivity index (χ1) is 8.11. The van der Waals surface area contributed by atoms with Gasteiger partial charge in [-0.15, -0.1) is 0 Å². The standard InChI is InChI=1S/C12H11F2N3/c1-7-3-4-8(10(14)9(7)13)11(15)12-16-5-2-6-17-12/h2-6,11H,15H2,1H3. The Morgan fingerprint density at radius 2 is 1.76 bits per heavy atom. The van der Waals surface area contributed by atoms with Crippen molar-refractivity contribution in [3.05, 3.63) is 59.2 Å². The smallest absolute Gasteiger partial charge is 0.164 e. The van der Waals surface area contributed by atoms with Crippen LogP contribution in [-0.4, -0.2) is 9.97 Å². The molecular formula is C12H11F2N3. The summed E-state index contributed by atoms with van der Waals surface area (Å²) < 4.78 is 27.1. The van der Waals surface area contributed by atoms with Gasteiger partial charge in [-0.1, -0.05) is 12.1 Å². The van der Waals surface area contributed by atoms with Crippen molar-refractivity contribution in [3.8, 4) is 0 Å². The van der Waals surface area contributed by atoms with E-state index in [1.807, 2.05) is 0 Å². The average molecular weight is 235 g/mol. The molecule has 0 spiro atoms. The number of rotatable bonds is 2. The fourth-order valence-corrected chi connectivity index (χ4v) is 1.51. The Kier molecular flexibility index (Phi) is 3.10. The highest BCUT2D eigenvalue weighted by Gasteiger charge is 2.19. The minimum absolute atomic E-state index is 0.0549. The Hall–Kier alpha value is -1.88. The molecule has 2 aromatic rings. The van der Waals surface area contributed by atoms with Gasteiger partial charge in [-0.2, -0.15) is 0 Å². The van der Waals surface area contributed by atoms with Gasteiger partial charge in [0.1, 0.15) is 5.82 Å². The highest BCUT2D eigenvalue weighted by molar-refractivity contribution is 5.30. The van der Waals surface area contributed by atoms with Crippen molar-refractivity contribution < 1.29 is 8.78 Å². The molecule has 0 aliphatic rings. The van der Waals surface area contributed by atoms with Crippen molar-refractivity contribution in [3.63, 3.8) is 0 Å². The van der Waals surface area contributed by atoms with Gasteiger partial charge in [-0.25, -0.2) is 18.7 Å². The summed E-state index contributed by atoms with van der Waals surface area (Å²) in [6.07, 6.45) is 3.01. The highest BCUT2D eigenvalue weighted by Crippen LogP contribution is 2.22. The van der Waals surface area contributed by atoms with E-state index >= 15 is 0 Å². The molecule has 1 aromatic carbocycles. The minimum atomic E-state index is -0.940. The first-order valence-corrected chi connectivity index (χ1v) is 5.08. The van der Waals surface area contributed by atoms with E-state index < -0.39 is 17.7 Å². The lowest BCUT2D eigenvalue weighted by Crippen LogP contribution is -2.17. The number of halogens is 2. The molecule has 0 bridgehead atoms. The van der Waals surface area contributed by atoms with E-state index in [1.54, 1.807) is 6.07 Å². The maximum atomic E-state index is 13.7. The van der Waals surface area contributed by atoms with E-state index in [9.17, 15) is 8.78 Å². The lowest BCUT2D eigenvalue weighted by molar-refractivity contribution is 0.487. The Morgan fingerprint density at radius 1 is 1.12 bits per heavy atom. The molecule has 3 nitrogen and oxygen atoms in total. The van der Waals surface area contributed by atoms with Crippen molar-refractivity contribution in [1.29, 1.82) is 0 Å². The summed E-state index contributed by atoms with van der Waals surface area (Å²) in [6, 6.07) is 3.69. The van der Waals surface area contributed by atoms with E-state index in [1.165, 1.54) is 31.5 Å². The van der Waals surface area contributed by atoms with Crippen LogP contribution in [0.25, 0.3) is 0 Å². The number of nitrogens with two attached hydrogens (primary N) is 1. The zero-order valence-corrected chi connectivity index (χ0v) is 9.19. The molecule has 88 valence electrons. The maximum Gasteiger partial charge on any atom is 0.164 e. The Morgan fingerprint density at radius 3 is 2.41 bits per heavy atom. The molecule has 17 heavy (non-hydrogen) atoms. The van der Waals surface area contributed by atoms with Gasteiger partial charge >= 0.3 is 0 Å². The SMILES string of the molecule is Cc1ccc(C(N)c2ncccn2)c(F)c1F. The average Bonchev–Trinajstić information content (AvgIpc) is 2.36. The van der Waals surface area contributed by atoms with Gasteiger partial charge < -0.3 is 5.73 Å². The number of benzene rings is 1. The molecule has 2 N–H and O–H groups in total. The predicted molar refractivity (Wildman–Crippen MR) is 59.2 cm³/mol. The molecule has 1 atom stereocenters. The molecule has 0 saturated heterocycles. The second kappa shape index (κ2) is 4.55. The van der Waals surface area contributed by atoms with Crippen LogP contribution in [0.3, 0.4) is 0 Å². The third kappa shape index (κ3) is 2.14. The van der Waals surface area contributed by atoms with Crippen LogP contribution in [0, 0.1) is 18.6 Å². The molecule has 0 aliphatic heterocycles. The molecule has 5 heteroatoms. The molecule has 1 unspecified atom stereocenters. The molecular weight excluding hydrogens is 224 g/mol. The third-order valence-corrected chi connectivity index (χ3v) is 2.50. The Balaban J connectivity index is 2.45. The van der Waals surface area contributed by atoms with Crippen molar-refractivity contribution in [2.75, 3.05) is 0 Å². The van der Waals surface area contributed by atoms with Gasteiger partial charge in [-0.3, -0.25) is 0 Å². The zero-order chi connectivity index (χ0) is 12.4. The zero-order valence-electron chi connectivity index (χ0n) is 9.19. The second-order valence-electron chi connectivity index (χ2n) is 3.68. The van der Waals surface area contributed by atoms with E-state index in [0.29, 0.717) is 0 Å². The summed E-state index contributed by atoms with van der Waals surface area (Å²) in [5.41, 5.74) is 6.10. The van der Waals surface area contributed by atoms with Crippen LogP contribution in [0.4, 0.5) is 8.78 Å². The van der Waals surface area contributed by atoms with Crippen molar-refractivity contribution >= 4 is 0 Å². The topological polar surface area (TPSA) is 51.8 Å². The Bertz CT molecular complexity index is 529. The van der Waals surface area contributed by atoms with Crippen molar-refractivity contribution in [2.45, 2.75) is 13.0 Å². The third-order valence-electron chi connectivity index (χ3n) is 2.50. The number of hydrogen-bond donors (Lipinski definition) is 1. The van der Waals surface area contributed by atoms with Crippen LogP contribution in [0.5, 0.6) is 0 Å². The van der Waals surface area contributed by atoms with E-state index in [4.69, 9.17) is 5.73 Å². The molecule has 0 saturated carbocycles. The number of aromatic nitrogens is 2. The number of nitrogens with zero attached hydrogens (tertiary/aromatic N) is 2. The predicted octanol–water partition coefficient (Wildman–Crippen LogP) is 2.11. The molecule has 0 aliphatic carbocycles. The first-order valence-electron chi connectivity index (χ1n) is 5.08. The van der Waals surface area contributed by atoms with E-state index in [-0.39, 0.29) is 17.0 Å². The van der Waals surface area contributed by atoms with Gasteiger partial charge in [0, 0.05) is 18.0 Å². The maximum absolute atomic E-state index is 13.7. The number of hydrogen-bond acceptors (Lipinski definition) is 3. The lowest BCUT2D eigenvalue weighted by atomic mass is 10.0. The molecule has 0 fully saturated rings. The largest absolute Gasteiger partial charge is 0.318 e. The van der Waals surface area contributed by atoms with E-state index in [2.05, 4.69) is 9.97 Å². The summed E-state index contributed by atoms with van der Waals surface area (Å²) in [5, 5.41) is 0. The fourth-order valence-electron chi connectivity index (χ4n) is 1.51. The van der Waals surface area contributed by atoms with Crippen molar-refractivity contribution in [2.24, 2.45) is 5.73 Å². The second-order valence-corrected chi connectivity index (χ2v) is 3.68. The van der Waals surface area contributed by atoms with Crippen LogP contribution < -0.4 is 5.73 Å². The summed E-state index contributed by atoms with van der Waals surface area (Å²) in [4.78, 5) is 7.85. The molecule has 2 rings (SSSR count). The van der Waals surface area contributed by atoms with Gasteiger partial charge in [0.05, 0.1) is 6.04 Å². The van der Waals surface area contributed by atoms with Gasteiger partial charge in [0.25, 0.3) is 0 Å². The first kappa shape index (κ1) is 11.6. The summed E-state index contributed by atoms with van der Waals surface area (Å²) >= 11 is 0. The van der Waals surface area contributed by atoms with Crippen LogP contribution in [0.15, 0.2) is 30.6 Å². The van der Waals surface area contributed by atoms with Crippen LogP contribution in [0.1, 0.15) is 23.0 Å². The molecule has 1 aromatic heterocycles. The summed E-state index contributed by atoms with van der Waals surface area (Å²) in [5.74, 6) is -1.56. The lowest BCUT2D eigenvalue weighted by Gasteiger charge is -2.12. The monoisotopic (exact) mass is 235 g/mol. The molecule has 1 heterocycles. The number of aryl methyl sites for hydroxylation is 1. The normalized spacial score (nSPS) is 12.5. The fraction of sp³-hybridized carbons (Fsp3) is 0.167. The quantitative estimate of drug-likeness (QED) is 0.867. The minimum Gasteiger partial charge on any atom is -0.318 e. The molecule has 0 amide bonds. The highest BCUT2D eigenvalue weighted by atomic mass is 19.2. The van der Waals surface area contributed by atoms with Crippen LogP contribution >= 0.6 is 0 Å². The van der Waals surface area contributed by atoms with Gasteiger partial charge in [0.2, 0.25) is 0 Å². The summed E-state index contributed by atoms with van der Waals surface area (Å²) in [6.45, 7) is 1.49. The molecule has 0 radical (unpaired) electrons. The Labute approximate surface area is 97.3 Å². The van der Waals surface area contributed by atoms with Crippen LogP contribution in [0.2, 0.25) is 0 Å². The van der Waals surface area contributed by atoms with Gasteiger partial charge in [0.15, 0.2) is 11.6 Å². The summed E-state index contributed by atoms with van der Waals surface area (Å²) in [7, 11) is 0. The van der Waals surface area contributed by atoms with Crippen molar-refractivity contribution in [1.82, 2.24) is 9.97 Å². The van der Waals surface area contributed by atoms with E-state index in [0.717, 1.165) is 0 Å².